The fourth-order valence-electron chi connectivity index (χ4n) is 6.01. The number of amides is 1. The standard InChI is InChI=1S/C31H33F2N5O2/c1-18(14-20-8-9-23(32)29(33)19(20)2)34-24-6-5-7-27(39)28(24)30-35-25-15-21-17-38(13-12-37-10-3-4-11-37)31(40)22(21)16-26(25)36-30/h5-6,8-9,15-16,18,34H,3-4,7,10-14,17H2,1-2H3,(H,35,36)/t18-/m0/s1. The van der Waals surface area contributed by atoms with Crippen molar-refractivity contribution in [2.45, 2.75) is 52.1 Å². The van der Waals surface area contributed by atoms with Crippen molar-refractivity contribution in [3.05, 3.63) is 81.8 Å². The molecule has 0 bridgehead atoms. The fourth-order valence-corrected chi connectivity index (χ4v) is 6.01. The second kappa shape index (κ2) is 10.6. The molecule has 2 aromatic carbocycles. The van der Waals surface area contributed by atoms with Gasteiger partial charge in [0.15, 0.2) is 17.4 Å². The van der Waals surface area contributed by atoms with E-state index in [4.69, 9.17) is 4.98 Å². The number of benzene rings is 2. The number of fused-ring (bicyclic) bond motifs is 2. The zero-order valence-corrected chi connectivity index (χ0v) is 22.8. The lowest BCUT2D eigenvalue weighted by Crippen LogP contribution is -2.33. The van der Waals surface area contributed by atoms with Crippen molar-refractivity contribution in [3.8, 4) is 0 Å². The van der Waals surface area contributed by atoms with Gasteiger partial charge in [-0.3, -0.25) is 9.59 Å². The average molecular weight is 546 g/mol. The molecule has 2 aliphatic heterocycles. The number of aromatic amines is 1. The Morgan fingerprint density at radius 2 is 1.93 bits per heavy atom. The predicted octanol–water partition coefficient (Wildman–Crippen LogP) is 4.66. The van der Waals surface area contributed by atoms with Crippen molar-refractivity contribution in [1.29, 1.82) is 0 Å². The van der Waals surface area contributed by atoms with Crippen LogP contribution >= 0.6 is 0 Å². The van der Waals surface area contributed by atoms with Crippen molar-refractivity contribution in [2.24, 2.45) is 0 Å². The summed E-state index contributed by atoms with van der Waals surface area (Å²) in [5.74, 6) is -1.29. The Morgan fingerprint density at radius 3 is 2.73 bits per heavy atom. The topological polar surface area (TPSA) is 81.3 Å². The molecule has 2 N–H and O–H groups in total. The lowest BCUT2D eigenvalue weighted by Gasteiger charge is -2.21. The van der Waals surface area contributed by atoms with Crippen LogP contribution in [-0.2, 0) is 17.8 Å². The molecule has 0 saturated carbocycles. The van der Waals surface area contributed by atoms with Gasteiger partial charge >= 0.3 is 0 Å². The molecule has 9 heteroatoms. The normalized spacial score (nSPS) is 18.4. The number of carbonyl (C=O) groups is 2. The van der Waals surface area contributed by atoms with Gasteiger partial charge in [-0.25, -0.2) is 13.8 Å². The summed E-state index contributed by atoms with van der Waals surface area (Å²) in [4.78, 5) is 38.6. The number of imidazole rings is 1. The summed E-state index contributed by atoms with van der Waals surface area (Å²) < 4.78 is 27.6. The first kappa shape index (κ1) is 26.4. The molecule has 1 saturated heterocycles. The van der Waals surface area contributed by atoms with Crippen molar-refractivity contribution in [3.63, 3.8) is 0 Å². The van der Waals surface area contributed by atoms with E-state index < -0.39 is 11.6 Å². The number of rotatable bonds is 8. The van der Waals surface area contributed by atoms with Crippen molar-refractivity contribution in [1.82, 2.24) is 25.1 Å². The highest BCUT2D eigenvalue weighted by Crippen LogP contribution is 2.30. The molecular weight excluding hydrogens is 512 g/mol. The average Bonchev–Trinajstić information content (AvgIpc) is 3.66. The Morgan fingerprint density at radius 1 is 1.12 bits per heavy atom. The molecule has 208 valence electrons. The van der Waals surface area contributed by atoms with Gasteiger partial charge in [-0.15, -0.1) is 0 Å². The van der Waals surface area contributed by atoms with E-state index >= 15 is 0 Å². The summed E-state index contributed by atoms with van der Waals surface area (Å²) in [6.45, 7) is 7.90. The van der Waals surface area contributed by atoms with Gasteiger partial charge in [0, 0.05) is 43.4 Å². The van der Waals surface area contributed by atoms with E-state index in [2.05, 4.69) is 15.2 Å². The van der Waals surface area contributed by atoms with E-state index in [0.29, 0.717) is 53.2 Å². The van der Waals surface area contributed by atoms with Crippen LogP contribution in [0.15, 0.2) is 42.1 Å². The number of likely N-dealkylation sites (tertiary alicyclic amines) is 1. The number of hydrogen-bond donors (Lipinski definition) is 2. The zero-order chi connectivity index (χ0) is 28.0. The Kier molecular flexibility index (Phi) is 7.00. The molecule has 0 unspecified atom stereocenters. The van der Waals surface area contributed by atoms with Gasteiger partial charge in [0.1, 0.15) is 5.82 Å². The first-order valence-corrected chi connectivity index (χ1v) is 14.0. The molecule has 3 heterocycles. The van der Waals surface area contributed by atoms with E-state index in [1.54, 1.807) is 19.1 Å². The lowest BCUT2D eigenvalue weighted by molar-refractivity contribution is -0.113. The van der Waals surface area contributed by atoms with E-state index in [-0.39, 0.29) is 29.7 Å². The number of allylic oxidation sites excluding steroid dienone is 3. The van der Waals surface area contributed by atoms with Crippen LogP contribution in [0.25, 0.3) is 16.6 Å². The molecule has 0 radical (unpaired) electrons. The second-order valence-corrected chi connectivity index (χ2v) is 11.1. The number of nitrogens with zero attached hydrogens (tertiary/aromatic N) is 3. The fraction of sp³-hybridized carbons (Fsp3) is 0.387. The third kappa shape index (κ3) is 4.94. The molecule has 3 aliphatic rings. The molecule has 3 aromatic rings. The SMILES string of the molecule is Cc1c(C[C@H](C)NC2=C(c3nc4cc5c(cc4[nH]3)CN(CCN3CCCC3)C5=O)C(=O)CC=C2)ccc(F)c1F. The van der Waals surface area contributed by atoms with Crippen LogP contribution < -0.4 is 5.32 Å². The molecular formula is C31H33F2N5O2. The number of carbonyl (C=O) groups excluding carboxylic acids is 2. The van der Waals surface area contributed by atoms with Gasteiger partial charge in [-0.2, -0.15) is 0 Å². The predicted molar refractivity (Wildman–Crippen MR) is 150 cm³/mol. The quantitative estimate of drug-likeness (QED) is 0.430. The first-order chi connectivity index (χ1) is 19.3. The Bertz CT molecular complexity index is 1570. The van der Waals surface area contributed by atoms with E-state index in [1.165, 1.54) is 12.8 Å². The lowest BCUT2D eigenvalue weighted by atomic mass is 9.97. The van der Waals surface area contributed by atoms with Crippen molar-refractivity contribution >= 4 is 28.3 Å². The third-order valence-corrected chi connectivity index (χ3v) is 8.22. The molecule has 1 amide bonds. The number of H-pyrrole nitrogens is 1. The number of nitrogens with one attached hydrogen (secondary N) is 2. The summed E-state index contributed by atoms with van der Waals surface area (Å²) >= 11 is 0. The highest BCUT2D eigenvalue weighted by Gasteiger charge is 2.30. The summed E-state index contributed by atoms with van der Waals surface area (Å²) in [7, 11) is 0. The van der Waals surface area contributed by atoms with Gasteiger partial charge in [0.2, 0.25) is 0 Å². The summed E-state index contributed by atoms with van der Waals surface area (Å²) in [5.41, 5.74) is 5.12. The number of halogens is 2. The van der Waals surface area contributed by atoms with Crippen LogP contribution in [0.2, 0.25) is 0 Å². The number of ketones is 1. The maximum absolute atomic E-state index is 14.1. The Hall–Kier alpha value is -3.85. The molecule has 6 rings (SSSR count). The molecule has 7 nitrogen and oxygen atoms in total. The van der Waals surface area contributed by atoms with Crippen molar-refractivity contribution < 1.29 is 18.4 Å². The summed E-state index contributed by atoms with van der Waals surface area (Å²) in [6.07, 6.45) is 6.83. The first-order valence-electron chi connectivity index (χ1n) is 14.0. The molecule has 1 aliphatic carbocycles. The maximum atomic E-state index is 14.1. The number of Topliss-reactive ketones (excluding diaryl/α,β-unsaturated/α-hetero) is 1. The highest BCUT2D eigenvalue weighted by molar-refractivity contribution is 6.22. The Balaban J connectivity index is 1.23. The number of aromatic nitrogens is 2. The minimum Gasteiger partial charge on any atom is -0.382 e. The minimum atomic E-state index is -0.861. The molecule has 1 fully saturated rings. The smallest absolute Gasteiger partial charge is 0.254 e. The zero-order valence-electron chi connectivity index (χ0n) is 22.8. The van der Waals surface area contributed by atoms with Gasteiger partial charge in [-0.05, 0) is 87.2 Å². The van der Waals surface area contributed by atoms with Crippen LogP contribution in [-0.4, -0.2) is 63.7 Å². The molecule has 40 heavy (non-hydrogen) atoms. The van der Waals surface area contributed by atoms with Crippen LogP contribution in [0.3, 0.4) is 0 Å². The monoisotopic (exact) mass is 545 g/mol. The van der Waals surface area contributed by atoms with E-state index in [0.717, 1.165) is 36.8 Å². The minimum absolute atomic E-state index is 0.0280. The highest BCUT2D eigenvalue weighted by atomic mass is 19.2. The molecule has 0 spiro atoms. The van der Waals surface area contributed by atoms with Crippen LogP contribution in [0.1, 0.15) is 59.1 Å². The van der Waals surface area contributed by atoms with Gasteiger partial charge in [-0.1, -0.05) is 12.1 Å². The second-order valence-electron chi connectivity index (χ2n) is 11.1. The molecule has 1 atom stereocenters. The number of hydrogen-bond acceptors (Lipinski definition) is 5. The van der Waals surface area contributed by atoms with Gasteiger partial charge in [0.05, 0.1) is 16.6 Å². The van der Waals surface area contributed by atoms with Gasteiger partial charge in [0.25, 0.3) is 5.91 Å². The van der Waals surface area contributed by atoms with Crippen LogP contribution in [0.4, 0.5) is 8.78 Å². The van der Waals surface area contributed by atoms with Crippen LogP contribution in [0.5, 0.6) is 0 Å². The van der Waals surface area contributed by atoms with Gasteiger partial charge < -0.3 is 20.1 Å². The van der Waals surface area contributed by atoms with E-state index in [9.17, 15) is 18.4 Å². The summed E-state index contributed by atoms with van der Waals surface area (Å²) in [6, 6.07) is 6.37. The third-order valence-electron chi connectivity index (χ3n) is 8.22. The largest absolute Gasteiger partial charge is 0.382 e. The molecule has 1 aromatic heterocycles. The summed E-state index contributed by atoms with van der Waals surface area (Å²) in [5, 5.41) is 3.38. The van der Waals surface area contributed by atoms with E-state index in [1.807, 2.05) is 30.0 Å². The maximum Gasteiger partial charge on any atom is 0.254 e. The Labute approximate surface area is 231 Å². The van der Waals surface area contributed by atoms with Crippen molar-refractivity contribution in [2.75, 3.05) is 26.2 Å². The van der Waals surface area contributed by atoms with Crippen LogP contribution in [0, 0.1) is 18.6 Å².